The number of ether oxygens (including phenoxy) is 1. The fourth-order valence-corrected chi connectivity index (χ4v) is 2.92. The van der Waals surface area contributed by atoms with E-state index in [0.717, 1.165) is 10.5 Å². The molecule has 1 aliphatic rings. The van der Waals surface area contributed by atoms with E-state index in [1.807, 2.05) is 35.7 Å². The van der Waals surface area contributed by atoms with Crippen molar-refractivity contribution in [2.45, 2.75) is 6.04 Å². The monoisotopic (exact) mass is 330 g/mol. The second-order valence-corrected chi connectivity index (χ2v) is 5.92. The molecule has 1 aliphatic heterocycles. The fraction of sp³-hybridized carbons (Fsp3) is 0.188. The molecule has 1 aromatic carbocycles. The van der Waals surface area contributed by atoms with Gasteiger partial charge in [-0.25, -0.2) is 9.69 Å². The van der Waals surface area contributed by atoms with Crippen molar-refractivity contribution in [3.05, 3.63) is 58.3 Å². The normalized spacial score (nSPS) is 15.4. The molecule has 7 heteroatoms. The lowest BCUT2D eigenvalue weighted by atomic mass is 10.1. The number of hydrogen-bond donors (Lipinski definition) is 1. The second-order valence-electron chi connectivity index (χ2n) is 4.97. The Labute approximate surface area is 136 Å². The van der Waals surface area contributed by atoms with E-state index in [9.17, 15) is 14.4 Å². The van der Waals surface area contributed by atoms with Crippen molar-refractivity contribution in [1.82, 2.24) is 10.2 Å². The summed E-state index contributed by atoms with van der Waals surface area (Å²) in [6.45, 7) is -0.210. The minimum atomic E-state index is -0.679. The quantitative estimate of drug-likeness (QED) is 0.912. The van der Waals surface area contributed by atoms with Crippen molar-refractivity contribution >= 4 is 29.2 Å². The summed E-state index contributed by atoms with van der Waals surface area (Å²) in [4.78, 5) is 37.3. The Morgan fingerprint density at radius 2 is 2.00 bits per heavy atom. The number of nitrogens with zero attached hydrogens (tertiary/aromatic N) is 1. The lowest BCUT2D eigenvalue weighted by molar-refractivity contribution is -0.126. The maximum Gasteiger partial charge on any atom is 0.417 e. The van der Waals surface area contributed by atoms with E-state index < -0.39 is 18.0 Å². The van der Waals surface area contributed by atoms with Gasteiger partial charge in [0.25, 0.3) is 11.8 Å². The molecule has 0 spiro atoms. The van der Waals surface area contributed by atoms with Crippen LogP contribution in [-0.2, 0) is 9.53 Å². The molecule has 0 bridgehead atoms. The van der Waals surface area contributed by atoms with Gasteiger partial charge >= 0.3 is 6.09 Å². The van der Waals surface area contributed by atoms with Crippen LogP contribution < -0.4 is 5.32 Å². The number of thiophene rings is 1. The number of hydrogen-bond acceptors (Lipinski definition) is 5. The molecular formula is C16H14N2O4S. The number of amides is 3. The molecule has 118 valence electrons. The van der Waals surface area contributed by atoms with Crippen LogP contribution in [0, 0.1) is 0 Å². The van der Waals surface area contributed by atoms with Gasteiger partial charge in [-0.05, 0) is 17.0 Å². The molecule has 0 saturated carbocycles. The van der Waals surface area contributed by atoms with Crippen LogP contribution in [-0.4, -0.2) is 36.0 Å². The SMILES string of the molecule is O=C(NC(CN1C(=O)COC1=O)c1ccccc1)c1cccs1. The largest absolute Gasteiger partial charge is 0.439 e. The van der Waals surface area contributed by atoms with E-state index in [1.54, 1.807) is 12.1 Å². The minimum Gasteiger partial charge on any atom is -0.439 e. The predicted molar refractivity (Wildman–Crippen MR) is 84.0 cm³/mol. The van der Waals surface area contributed by atoms with Gasteiger partial charge in [0, 0.05) is 0 Å². The standard InChI is InChI=1S/C16H14N2O4S/c19-14-10-22-16(21)18(14)9-12(11-5-2-1-3-6-11)17-15(20)13-7-4-8-23-13/h1-8,12H,9-10H2,(H,17,20). The van der Waals surface area contributed by atoms with Gasteiger partial charge in [-0.15, -0.1) is 11.3 Å². The third kappa shape index (κ3) is 3.40. The van der Waals surface area contributed by atoms with E-state index >= 15 is 0 Å². The molecule has 1 aromatic heterocycles. The highest BCUT2D eigenvalue weighted by Crippen LogP contribution is 2.19. The fourth-order valence-electron chi connectivity index (χ4n) is 2.30. The van der Waals surface area contributed by atoms with Gasteiger partial charge in [-0.3, -0.25) is 9.59 Å². The summed E-state index contributed by atoms with van der Waals surface area (Å²) in [6, 6.07) is 12.2. The predicted octanol–water partition coefficient (Wildman–Crippen LogP) is 2.20. The van der Waals surface area contributed by atoms with E-state index in [0.29, 0.717) is 4.88 Å². The Kier molecular flexibility index (Phi) is 4.38. The van der Waals surface area contributed by atoms with Gasteiger partial charge < -0.3 is 10.1 Å². The van der Waals surface area contributed by atoms with Gasteiger partial charge in [0.1, 0.15) is 0 Å². The average Bonchev–Trinajstić information content (AvgIpc) is 3.20. The van der Waals surface area contributed by atoms with Gasteiger partial charge in [0.05, 0.1) is 17.5 Å². The van der Waals surface area contributed by atoms with Crippen molar-refractivity contribution in [3.8, 4) is 0 Å². The van der Waals surface area contributed by atoms with Gasteiger partial charge in [0.2, 0.25) is 0 Å². The second kappa shape index (κ2) is 6.62. The minimum absolute atomic E-state index is 0.0405. The van der Waals surface area contributed by atoms with E-state index in [2.05, 4.69) is 5.32 Å². The highest BCUT2D eigenvalue weighted by molar-refractivity contribution is 7.12. The van der Waals surface area contributed by atoms with E-state index in [4.69, 9.17) is 4.74 Å². The molecule has 6 nitrogen and oxygen atoms in total. The Hall–Kier alpha value is -2.67. The summed E-state index contributed by atoms with van der Waals surface area (Å²) in [7, 11) is 0. The number of carbonyl (C=O) groups is 3. The van der Waals surface area contributed by atoms with Crippen LogP contribution in [0.3, 0.4) is 0 Å². The summed E-state index contributed by atoms with van der Waals surface area (Å²) in [5, 5.41) is 4.69. The molecular weight excluding hydrogens is 316 g/mol. The number of nitrogens with one attached hydrogen (secondary N) is 1. The number of carbonyl (C=O) groups excluding carboxylic acids is 3. The summed E-state index contributed by atoms with van der Waals surface area (Å²) in [6.07, 6.45) is -0.679. The van der Waals surface area contributed by atoms with Crippen molar-refractivity contribution in [3.63, 3.8) is 0 Å². The smallest absolute Gasteiger partial charge is 0.417 e. The first-order valence-corrected chi connectivity index (χ1v) is 7.89. The molecule has 1 atom stereocenters. The third-order valence-corrected chi connectivity index (χ3v) is 4.33. The Bertz CT molecular complexity index is 699. The zero-order chi connectivity index (χ0) is 16.2. The average molecular weight is 330 g/mol. The zero-order valence-electron chi connectivity index (χ0n) is 12.1. The molecule has 2 heterocycles. The third-order valence-electron chi connectivity index (χ3n) is 3.46. The van der Waals surface area contributed by atoms with Gasteiger partial charge in [0.15, 0.2) is 6.61 Å². The van der Waals surface area contributed by atoms with Crippen LogP contribution >= 0.6 is 11.3 Å². The topological polar surface area (TPSA) is 75.7 Å². The van der Waals surface area contributed by atoms with Crippen LogP contribution in [0.2, 0.25) is 0 Å². The lowest BCUT2D eigenvalue weighted by Crippen LogP contribution is -2.40. The maximum absolute atomic E-state index is 12.3. The van der Waals surface area contributed by atoms with Crippen LogP contribution in [0.5, 0.6) is 0 Å². The first-order chi connectivity index (χ1) is 11.1. The Balaban J connectivity index is 1.81. The van der Waals surface area contributed by atoms with Crippen LogP contribution in [0.25, 0.3) is 0 Å². The summed E-state index contributed by atoms with van der Waals surface area (Å²) in [5.74, 6) is -0.643. The van der Waals surface area contributed by atoms with E-state index in [-0.39, 0.29) is 19.1 Å². The summed E-state index contributed by atoms with van der Waals surface area (Å²) >= 11 is 1.33. The van der Waals surface area contributed by atoms with Gasteiger partial charge in [-0.2, -0.15) is 0 Å². The molecule has 0 radical (unpaired) electrons. The highest BCUT2D eigenvalue weighted by Gasteiger charge is 2.33. The van der Waals surface area contributed by atoms with Crippen LogP contribution in [0.1, 0.15) is 21.3 Å². The number of rotatable bonds is 5. The van der Waals surface area contributed by atoms with Crippen molar-refractivity contribution in [2.75, 3.05) is 13.2 Å². The summed E-state index contributed by atoms with van der Waals surface area (Å²) < 4.78 is 4.72. The summed E-state index contributed by atoms with van der Waals surface area (Å²) in [5.41, 5.74) is 0.810. The molecule has 1 unspecified atom stereocenters. The molecule has 1 N–H and O–H groups in total. The van der Waals surface area contributed by atoms with Crippen LogP contribution in [0.15, 0.2) is 47.8 Å². The maximum atomic E-state index is 12.3. The molecule has 3 rings (SSSR count). The molecule has 23 heavy (non-hydrogen) atoms. The van der Waals surface area contributed by atoms with Gasteiger partial charge in [-0.1, -0.05) is 36.4 Å². The first-order valence-electron chi connectivity index (χ1n) is 7.01. The Morgan fingerprint density at radius 3 is 2.61 bits per heavy atom. The van der Waals surface area contributed by atoms with E-state index in [1.165, 1.54) is 11.3 Å². The molecule has 1 fully saturated rings. The van der Waals surface area contributed by atoms with Crippen molar-refractivity contribution in [1.29, 1.82) is 0 Å². The Morgan fingerprint density at radius 1 is 1.22 bits per heavy atom. The highest BCUT2D eigenvalue weighted by atomic mass is 32.1. The molecule has 0 aliphatic carbocycles. The molecule has 1 saturated heterocycles. The van der Waals surface area contributed by atoms with Crippen molar-refractivity contribution in [2.24, 2.45) is 0 Å². The number of cyclic esters (lactones) is 1. The van der Waals surface area contributed by atoms with Crippen molar-refractivity contribution < 1.29 is 19.1 Å². The van der Waals surface area contributed by atoms with Crippen LogP contribution in [0.4, 0.5) is 4.79 Å². The lowest BCUT2D eigenvalue weighted by Gasteiger charge is -2.22. The number of benzene rings is 1. The molecule has 2 aromatic rings. The first kappa shape index (κ1) is 15.2. The number of imide groups is 1. The zero-order valence-corrected chi connectivity index (χ0v) is 12.9. The molecule has 3 amide bonds.